The quantitative estimate of drug-likeness (QED) is 0.668. The van der Waals surface area contributed by atoms with Crippen molar-refractivity contribution in [3.63, 3.8) is 0 Å². The Kier molecular flexibility index (Phi) is 7.95. The van der Waals surface area contributed by atoms with Gasteiger partial charge in [0.05, 0.1) is 19.8 Å². The number of benzene rings is 1. The van der Waals surface area contributed by atoms with E-state index in [9.17, 15) is 9.59 Å². The molecule has 140 valence electrons. The summed E-state index contributed by atoms with van der Waals surface area (Å²) in [5.41, 5.74) is 1.61. The fourth-order valence-corrected chi connectivity index (χ4v) is 2.95. The van der Waals surface area contributed by atoms with Gasteiger partial charge in [-0.2, -0.15) is 11.3 Å². The zero-order valence-electron chi connectivity index (χ0n) is 15.0. The molecule has 0 saturated carbocycles. The molecule has 0 bridgehead atoms. The van der Waals surface area contributed by atoms with Gasteiger partial charge in [0.25, 0.3) is 5.91 Å². The Bertz CT molecular complexity index is 716. The number of thiophene rings is 1. The third kappa shape index (κ3) is 6.07. The van der Waals surface area contributed by atoms with E-state index in [4.69, 9.17) is 9.47 Å². The van der Waals surface area contributed by atoms with Gasteiger partial charge >= 0.3 is 0 Å². The first-order valence-corrected chi connectivity index (χ1v) is 9.54. The topological polar surface area (TPSA) is 76.7 Å². The highest BCUT2D eigenvalue weighted by Gasteiger charge is 2.09. The zero-order chi connectivity index (χ0) is 18.8. The molecule has 0 unspecified atom stereocenters. The molecule has 1 heterocycles. The van der Waals surface area contributed by atoms with E-state index in [2.05, 4.69) is 10.6 Å². The lowest BCUT2D eigenvalue weighted by atomic mass is 10.1. The predicted molar refractivity (Wildman–Crippen MR) is 102 cm³/mol. The van der Waals surface area contributed by atoms with Gasteiger partial charge in [-0.25, -0.2) is 0 Å². The third-order valence-corrected chi connectivity index (χ3v) is 4.22. The Morgan fingerprint density at radius 3 is 2.50 bits per heavy atom. The molecule has 26 heavy (non-hydrogen) atoms. The lowest BCUT2D eigenvalue weighted by Gasteiger charge is -2.12. The van der Waals surface area contributed by atoms with Crippen LogP contribution in [-0.4, -0.2) is 38.1 Å². The van der Waals surface area contributed by atoms with E-state index in [1.54, 1.807) is 11.4 Å². The number of carbonyl (C=O) groups is 2. The van der Waals surface area contributed by atoms with Crippen LogP contribution < -0.4 is 20.1 Å². The summed E-state index contributed by atoms with van der Waals surface area (Å²) in [5.74, 6) is 0.971. The summed E-state index contributed by atoms with van der Waals surface area (Å²) in [7, 11) is 0. The summed E-state index contributed by atoms with van der Waals surface area (Å²) in [6.07, 6.45) is 0.663. The Morgan fingerprint density at radius 1 is 1.04 bits per heavy atom. The van der Waals surface area contributed by atoms with Gasteiger partial charge in [-0.3, -0.25) is 9.59 Å². The van der Waals surface area contributed by atoms with E-state index in [1.807, 2.05) is 37.4 Å². The molecular weight excluding hydrogens is 352 g/mol. The molecule has 2 aromatic rings. The molecule has 7 heteroatoms. The number of hydrogen-bond donors (Lipinski definition) is 2. The Morgan fingerprint density at radius 2 is 1.81 bits per heavy atom. The minimum absolute atomic E-state index is 0.0395. The van der Waals surface area contributed by atoms with Crippen LogP contribution in [0, 0.1) is 0 Å². The summed E-state index contributed by atoms with van der Waals surface area (Å²) in [4.78, 5) is 23.6. The number of hydrogen-bond acceptors (Lipinski definition) is 5. The van der Waals surface area contributed by atoms with Crippen molar-refractivity contribution < 1.29 is 19.1 Å². The van der Waals surface area contributed by atoms with Crippen LogP contribution in [0.3, 0.4) is 0 Å². The van der Waals surface area contributed by atoms with E-state index in [0.29, 0.717) is 37.5 Å². The first-order chi connectivity index (χ1) is 12.6. The maximum atomic E-state index is 11.8. The molecule has 1 aromatic heterocycles. The second-order valence-electron chi connectivity index (χ2n) is 5.44. The summed E-state index contributed by atoms with van der Waals surface area (Å²) in [6, 6.07) is 7.49. The maximum absolute atomic E-state index is 11.8. The molecule has 0 radical (unpaired) electrons. The fourth-order valence-electron chi connectivity index (χ4n) is 2.32. The molecule has 2 amide bonds. The van der Waals surface area contributed by atoms with Gasteiger partial charge in [0, 0.05) is 17.5 Å². The Balaban J connectivity index is 1.77. The first-order valence-electron chi connectivity index (χ1n) is 8.59. The monoisotopic (exact) mass is 376 g/mol. The van der Waals surface area contributed by atoms with Crippen molar-refractivity contribution in [3.05, 3.63) is 46.2 Å². The molecular formula is C19H24N2O4S. The predicted octanol–water partition coefficient (Wildman–Crippen LogP) is 2.63. The average Bonchev–Trinajstić information content (AvgIpc) is 3.17. The Labute approximate surface area is 157 Å². The lowest BCUT2D eigenvalue weighted by Crippen LogP contribution is -2.37. The maximum Gasteiger partial charge on any atom is 0.252 e. The van der Waals surface area contributed by atoms with Crippen molar-refractivity contribution in [2.45, 2.75) is 20.3 Å². The Hall–Kier alpha value is -2.54. The summed E-state index contributed by atoms with van der Waals surface area (Å²) in [5, 5.41) is 8.97. The summed E-state index contributed by atoms with van der Waals surface area (Å²) >= 11 is 1.44. The van der Waals surface area contributed by atoms with Crippen LogP contribution in [0.15, 0.2) is 35.0 Å². The van der Waals surface area contributed by atoms with E-state index < -0.39 is 0 Å². The molecule has 0 aliphatic heterocycles. The number of amides is 2. The van der Waals surface area contributed by atoms with Crippen LogP contribution in [0.4, 0.5) is 0 Å². The van der Waals surface area contributed by atoms with Crippen LogP contribution in [0.5, 0.6) is 11.5 Å². The fraction of sp³-hybridized carbons (Fsp3) is 0.368. The summed E-state index contributed by atoms with van der Waals surface area (Å²) in [6.45, 7) is 5.43. The van der Waals surface area contributed by atoms with Gasteiger partial charge in [0.1, 0.15) is 0 Å². The highest BCUT2D eigenvalue weighted by atomic mass is 32.1. The van der Waals surface area contributed by atoms with Gasteiger partial charge in [-0.1, -0.05) is 6.07 Å². The van der Waals surface area contributed by atoms with Crippen molar-refractivity contribution in [2.75, 3.05) is 26.3 Å². The molecule has 0 fully saturated rings. The van der Waals surface area contributed by atoms with E-state index >= 15 is 0 Å². The van der Waals surface area contributed by atoms with E-state index in [1.165, 1.54) is 11.3 Å². The van der Waals surface area contributed by atoms with Crippen LogP contribution in [0.2, 0.25) is 0 Å². The minimum Gasteiger partial charge on any atom is -0.490 e. The third-order valence-electron chi connectivity index (χ3n) is 3.54. The second-order valence-corrected chi connectivity index (χ2v) is 6.22. The van der Waals surface area contributed by atoms with Crippen molar-refractivity contribution in [1.82, 2.24) is 10.6 Å². The van der Waals surface area contributed by atoms with Crippen molar-refractivity contribution in [1.29, 1.82) is 0 Å². The number of carbonyl (C=O) groups excluding carboxylic acids is 2. The first kappa shape index (κ1) is 19.8. The molecule has 0 aliphatic rings. The molecule has 2 N–H and O–H groups in total. The molecule has 2 rings (SSSR count). The van der Waals surface area contributed by atoms with Gasteiger partial charge in [-0.05, 0) is 49.4 Å². The highest BCUT2D eigenvalue weighted by molar-refractivity contribution is 7.08. The minimum atomic E-state index is -0.241. The summed E-state index contributed by atoms with van der Waals surface area (Å²) < 4.78 is 11.1. The zero-order valence-corrected chi connectivity index (χ0v) is 15.9. The largest absolute Gasteiger partial charge is 0.490 e. The van der Waals surface area contributed by atoms with Crippen LogP contribution in [0.1, 0.15) is 29.8 Å². The smallest absolute Gasteiger partial charge is 0.252 e. The van der Waals surface area contributed by atoms with Crippen LogP contribution >= 0.6 is 11.3 Å². The van der Waals surface area contributed by atoms with Gasteiger partial charge in [-0.15, -0.1) is 0 Å². The van der Waals surface area contributed by atoms with E-state index in [-0.39, 0.29) is 18.4 Å². The van der Waals surface area contributed by atoms with Crippen molar-refractivity contribution in [3.8, 4) is 11.5 Å². The number of rotatable bonds is 10. The molecule has 0 saturated heterocycles. The van der Waals surface area contributed by atoms with Gasteiger partial charge in [0.2, 0.25) is 5.91 Å². The molecule has 0 spiro atoms. The molecule has 1 aromatic carbocycles. The number of ether oxygens (including phenoxy) is 2. The highest BCUT2D eigenvalue weighted by Crippen LogP contribution is 2.28. The van der Waals surface area contributed by atoms with Gasteiger partial charge < -0.3 is 20.1 Å². The lowest BCUT2D eigenvalue weighted by molar-refractivity contribution is -0.120. The normalized spacial score (nSPS) is 10.2. The van der Waals surface area contributed by atoms with Crippen LogP contribution in [-0.2, 0) is 11.2 Å². The number of nitrogens with one attached hydrogen (secondary N) is 2. The van der Waals surface area contributed by atoms with Crippen molar-refractivity contribution >= 4 is 23.2 Å². The SMILES string of the molecule is CCOc1ccc(CCNC(=O)CNC(=O)c2ccsc2)cc1OCC. The molecule has 6 nitrogen and oxygen atoms in total. The van der Waals surface area contributed by atoms with E-state index in [0.717, 1.165) is 11.3 Å². The van der Waals surface area contributed by atoms with Gasteiger partial charge in [0.15, 0.2) is 11.5 Å². The average molecular weight is 376 g/mol. The standard InChI is InChI=1S/C19H24N2O4S/c1-3-24-16-6-5-14(11-17(16)25-4-2)7-9-20-18(22)12-21-19(23)15-8-10-26-13-15/h5-6,8,10-11,13H,3-4,7,9,12H2,1-2H3,(H,20,22)(H,21,23). The molecule has 0 atom stereocenters. The molecule has 0 aliphatic carbocycles. The van der Waals surface area contributed by atoms with Crippen LogP contribution in [0.25, 0.3) is 0 Å². The van der Waals surface area contributed by atoms with Crippen molar-refractivity contribution in [2.24, 2.45) is 0 Å². The second kappa shape index (κ2) is 10.5.